The average molecular weight is 304 g/mol. The van der Waals surface area contributed by atoms with Crippen LogP contribution in [0.4, 0.5) is 11.4 Å². The second-order valence-electron chi connectivity index (χ2n) is 4.58. The lowest BCUT2D eigenvalue weighted by Gasteiger charge is -2.10. The lowest BCUT2D eigenvalue weighted by Crippen LogP contribution is -2.14. The molecule has 2 aromatic rings. The zero-order chi connectivity index (χ0) is 15.6. The molecule has 0 spiro atoms. The molecule has 2 amide bonds. The second kappa shape index (κ2) is 5.85. The number of halogens is 1. The third kappa shape index (κ3) is 3.32. The van der Waals surface area contributed by atoms with Gasteiger partial charge in [-0.1, -0.05) is 11.6 Å². The Morgan fingerprint density at radius 1 is 1.10 bits per heavy atom. The predicted octanol–water partition coefficient (Wildman–Crippen LogP) is 2.58. The molecule has 5 N–H and O–H groups in total. The molecule has 0 saturated carbocycles. The number of hydrogen-bond donors (Lipinski definition) is 3. The maximum absolute atomic E-state index is 12.1. The van der Waals surface area contributed by atoms with E-state index in [1.165, 1.54) is 6.07 Å². The van der Waals surface area contributed by atoms with E-state index in [0.717, 1.165) is 5.56 Å². The van der Waals surface area contributed by atoms with E-state index in [2.05, 4.69) is 5.32 Å². The number of carbonyl (C=O) groups is 2. The normalized spacial score (nSPS) is 10.2. The van der Waals surface area contributed by atoms with Crippen LogP contribution in [0.1, 0.15) is 26.3 Å². The lowest BCUT2D eigenvalue weighted by molar-refractivity contribution is 0.0998. The number of nitrogens with one attached hydrogen (secondary N) is 1. The highest BCUT2D eigenvalue weighted by atomic mass is 35.5. The summed E-state index contributed by atoms with van der Waals surface area (Å²) in [5.41, 5.74) is 13.3. The molecule has 0 heterocycles. The van der Waals surface area contributed by atoms with Crippen LogP contribution in [-0.4, -0.2) is 11.8 Å². The molecule has 6 heteroatoms. The topological polar surface area (TPSA) is 98.2 Å². The number of nitrogen functional groups attached to an aromatic ring is 1. The van der Waals surface area contributed by atoms with Crippen LogP contribution in [0.25, 0.3) is 0 Å². The van der Waals surface area contributed by atoms with E-state index < -0.39 is 5.91 Å². The van der Waals surface area contributed by atoms with Gasteiger partial charge in [0.1, 0.15) is 0 Å². The van der Waals surface area contributed by atoms with Crippen molar-refractivity contribution in [2.24, 2.45) is 5.73 Å². The number of primary amides is 1. The van der Waals surface area contributed by atoms with Crippen LogP contribution in [0.15, 0.2) is 36.4 Å². The first-order valence-electron chi connectivity index (χ1n) is 6.15. The summed E-state index contributed by atoms with van der Waals surface area (Å²) in [6.07, 6.45) is 0. The predicted molar refractivity (Wildman–Crippen MR) is 83.5 cm³/mol. The van der Waals surface area contributed by atoms with Crippen LogP contribution in [0.3, 0.4) is 0 Å². The van der Waals surface area contributed by atoms with E-state index in [-0.39, 0.29) is 5.91 Å². The van der Waals surface area contributed by atoms with Crippen LogP contribution in [0.5, 0.6) is 0 Å². The minimum Gasteiger partial charge on any atom is -0.398 e. The van der Waals surface area contributed by atoms with E-state index in [4.69, 9.17) is 23.1 Å². The van der Waals surface area contributed by atoms with Crippen LogP contribution in [0, 0.1) is 6.92 Å². The van der Waals surface area contributed by atoms with E-state index in [1.807, 2.05) is 0 Å². The minimum absolute atomic E-state index is 0.313. The summed E-state index contributed by atoms with van der Waals surface area (Å²) in [6.45, 7) is 1.78. The van der Waals surface area contributed by atoms with Crippen LogP contribution >= 0.6 is 11.6 Å². The molecular formula is C15H14ClN3O2. The number of anilines is 2. The fourth-order valence-corrected chi connectivity index (χ4v) is 2.00. The Morgan fingerprint density at radius 3 is 2.33 bits per heavy atom. The van der Waals surface area contributed by atoms with Gasteiger partial charge in [0.15, 0.2) is 0 Å². The van der Waals surface area contributed by atoms with E-state index in [9.17, 15) is 9.59 Å². The molecule has 0 saturated heterocycles. The van der Waals surface area contributed by atoms with Gasteiger partial charge in [-0.2, -0.15) is 0 Å². The van der Waals surface area contributed by atoms with E-state index in [1.54, 1.807) is 37.3 Å². The first kappa shape index (κ1) is 14.9. The van der Waals surface area contributed by atoms with Crippen molar-refractivity contribution >= 4 is 34.8 Å². The van der Waals surface area contributed by atoms with Crippen LogP contribution < -0.4 is 16.8 Å². The number of nitrogens with two attached hydrogens (primary N) is 2. The number of aryl methyl sites for hydroxylation is 1. The summed E-state index contributed by atoms with van der Waals surface area (Å²) >= 11 is 5.89. The van der Waals surface area contributed by atoms with E-state index >= 15 is 0 Å². The summed E-state index contributed by atoms with van der Waals surface area (Å²) in [7, 11) is 0. The Kier molecular flexibility index (Phi) is 4.14. The highest BCUT2D eigenvalue weighted by Crippen LogP contribution is 2.21. The van der Waals surface area contributed by atoms with Gasteiger partial charge in [0.2, 0.25) is 5.91 Å². The van der Waals surface area contributed by atoms with Gasteiger partial charge in [-0.3, -0.25) is 9.59 Å². The fraction of sp³-hybridized carbons (Fsp3) is 0.0667. The monoisotopic (exact) mass is 303 g/mol. The maximum atomic E-state index is 12.1. The number of hydrogen-bond acceptors (Lipinski definition) is 3. The van der Waals surface area contributed by atoms with Gasteiger partial charge in [0.05, 0.1) is 10.7 Å². The number of carbonyl (C=O) groups excluding carboxylic acids is 2. The summed E-state index contributed by atoms with van der Waals surface area (Å²) in [4.78, 5) is 23.2. The zero-order valence-corrected chi connectivity index (χ0v) is 12.1. The molecule has 2 rings (SSSR count). The summed E-state index contributed by atoms with van der Waals surface area (Å²) in [5, 5.41) is 3.07. The average Bonchev–Trinajstić information content (AvgIpc) is 2.43. The molecule has 0 aliphatic carbocycles. The van der Waals surface area contributed by atoms with Crippen molar-refractivity contribution in [1.82, 2.24) is 0 Å². The number of benzene rings is 2. The molecule has 0 unspecified atom stereocenters. The molecule has 0 radical (unpaired) electrons. The van der Waals surface area contributed by atoms with Gasteiger partial charge < -0.3 is 16.8 Å². The zero-order valence-electron chi connectivity index (χ0n) is 11.3. The van der Waals surface area contributed by atoms with Crippen LogP contribution in [-0.2, 0) is 0 Å². The third-order valence-electron chi connectivity index (χ3n) is 3.02. The molecule has 108 valence electrons. The van der Waals surface area contributed by atoms with Gasteiger partial charge >= 0.3 is 0 Å². The van der Waals surface area contributed by atoms with Gasteiger partial charge in [-0.15, -0.1) is 0 Å². The Labute approximate surface area is 126 Å². The van der Waals surface area contributed by atoms with Gasteiger partial charge in [0.25, 0.3) is 5.91 Å². The standard InChI is InChI=1S/C15H14ClN3O2/c1-8-6-9(14(18)20)3-5-13(8)19-15(21)10-2-4-12(17)11(16)7-10/h2-7H,17H2,1H3,(H2,18,20)(H,19,21). The quantitative estimate of drug-likeness (QED) is 0.760. The Bertz CT molecular complexity index is 729. The lowest BCUT2D eigenvalue weighted by atomic mass is 10.1. The van der Waals surface area contributed by atoms with Crippen molar-refractivity contribution in [1.29, 1.82) is 0 Å². The molecule has 5 nitrogen and oxygen atoms in total. The highest BCUT2D eigenvalue weighted by molar-refractivity contribution is 6.33. The minimum atomic E-state index is -0.513. The molecule has 21 heavy (non-hydrogen) atoms. The number of rotatable bonds is 3. The van der Waals surface area contributed by atoms with E-state index in [0.29, 0.717) is 27.5 Å². The molecule has 0 bridgehead atoms. The van der Waals surface area contributed by atoms with Crippen molar-refractivity contribution in [2.45, 2.75) is 6.92 Å². The molecule has 2 aromatic carbocycles. The van der Waals surface area contributed by atoms with Crippen molar-refractivity contribution in [3.05, 3.63) is 58.1 Å². The molecule has 0 atom stereocenters. The Morgan fingerprint density at radius 2 is 1.76 bits per heavy atom. The van der Waals surface area contributed by atoms with Crippen LogP contribution in [0.2, 0.25) is 5.02 Å². The third-order valence-corrected chi connectivity index (χ3v) is 3.35. The smallest absolute Gasteiger partial charge is 0.255 e. The van der Waals surface area contributed by atoms with Crippen molar-refractivity contribution in [3.8, 4) is 0 Å². The molecule has 0 aromatic heterocycles. The van der Waals surface area contributed by atoms with Crippen molar-refractivity contribution in [3.63, 3.8) is 0 Å². The summed E-state index contributed by atoms with van der Waals surface area (Å²) in [5.74, 6) is -0.826. The molecule has 0 fully saturated rings. The molecule has 0 aliphatic heterocycles. The highest BCUT2D eigenvalue weighted by Gasteiger charge is 2.10. The van der Waals surface area contributed by atoms with Gasteiger partial charge in [-0.05, 0) is 48.9 Å². The Balaban J connectivity index is 2.23. The number of amides is 2. The maximum Gasteiger partial charge on any atom is 0.255 e. The largest absolute Gasteiger partial charge is 0.398 e. The van der Waals surface area contributed by atoms with Crippen molar-refractivity contribution in [2.75, 3.05) is 11.1 Å². The SMILES string of the molecule is Cc1cc(C(N)=O)ccc1NC(=O)c1ccc(N)c(Cl)c1. The van der Waals surface area contributed by atoms with Gasteiger partial charge in [-0.25, -0.2) is 0 Å². The summed E-state index contributed by atoms with van der Waals surface area (Å²) in [6, 6.07) is 9.46. The second-order valence-corrected chi connectivity index (χ2v) is 4.99. The van der Waals surface area contributed by atoms with Gasteiger partial charge in [0, 0.05) is 16.8 Å². The molecular weight excluding hydrogens is 290 g/mol. The van der Waals surface area contributed by atoms with Crippen molar-refractivity contribution < 1.29 is 9.59 Å². The fourth-order valence-electron chi connectivity index (χ4n) is 1.82. The Hall–Kier alpha value is -2.53. The first-order valence-corrected chi connectivity index (χ1v) is 6.53. The molecule has 0 aliphatic rings. The first-order chi connectivity index (χ1) is 9.88. The summed E-state index contributed by atoms with van der Waals surface area (Å²) < 4.78 is 0.